The molecule has 1 aliphatic carbocycles. The van der Waals surface area contributed by atoms with Gasteiger partial charge in [-0.2, -0.15) is 4.53 Å². The van der Waals surface area contributed by atoms with Gasteiger partial charge in [0.2, 0.25) is 0 Å². The first-order valence-corrected chi connectivity index (χ1v) is 8.92. The zero-order valence-electron chi connectivity index (χ0n) is 14.4. The monoisotopic (exact) mass is 359 g/mol. The number of carbonyl (C=O) groups excluding carboxylic acids is 1. The van der Waals surface area contributed by atoms with Crippen LogP contribution >= 0.6 is 11.8 Å². The predicted octanol–water partition coefficient (Wildman–Crippen LogP) is 3.96. The Hall–Kier alpha value is -2.21. The third-order valence-corrected chi connectivity index (χ3v) is 4.74. The van der Waals surface area contributed by atoms with E-state index in [1.54, 1.807) is 0 Å². The molecular formula is C18H22ClN5O. The van der Waals surface area contributed by atoms with Crippen molar-refractivity contribution in [3.63, 3.8) is 0 Å². The number of amides is 1. The van der Waals surface area contributed by atoms with Crippen molar-refractivity contribution >= 4 is 23.4 Å². The summed E-state index contributed by atoms with van der Waals surface area (Å²) in [6.45, 7) is 4.20. The van der Waals surface area contributed by atoms with Crippen molar-refractivity contribution < 1.29 is 4.79 Å². The molecule has 0 radical (unpaired) electrons. The smallest absolute Gasteiger partial charge is 0.267 e. The molecule has 0 aromatic carbocycles. The highest BCUT2D eigenvalue weighted by molar-refractivity contribution is 6.26. The van der Waals surface area contributed by atoms with Crippen LogP contribution in [0.15, 0.2) is 30.9 Å². The molecule has 0 saturated heterocycles. The summed E-state index contributed by atoms with van der Waals surface area (Å²) < 4.78 is 1.22. The van der Waals surface area contributed by atoms with Gasteiger partial charge in [-0.25, -0.2) is 15.4 Å². The standard InChI is InChI=1S/C18H22ClN5O/c1-12(2)16-7-15(8-17(22-16)13-5-3-4-6-13)24(19)23-18(25)14-9-20-11-21-10-14/h7-13H,3-6H2,1-2H3,(H,23,25). The molecule has 0 atom stereocenters. The highest BCUT2D eigenvalue weighted by Gasteiger charge is 2.21. The van der Waals surface area contributed by atoms with Crippen LogP contribution in [0.25, 0.3) is 0 Å². The summed E-state index contributed by atoms with van der Waals surface area (Å²) in [7, 11) is 0. The number of hydrazine groups is 1. The van der Waals surface area contributed by atoms with E-state index in [2.05, 4.69) is 29.2 Å². The molecule has 1 N–H and O–H groups in total. The van der Waals surface area contributed by atoms with E-state index < -0.39 is 0 Å². The molecule has 1 amide bonds. The van der Waals surface area contributed by atoms with Crippen LogP contribution in [0, 0.1) is 0 Å². The van der Waals surface area contributed by atoms with Crippen LogP contribution in [0.2, 0.25) is 0 Å². The Kier molecular flexibility index (Phi) is 5.48. The van der Waals surface area contributed by atoms with Crippen LogP contribution in [0.1, 0.15) is 73.1 Å². The third-order valence-electron chi connectivity index (χ3n) is 4.46. The number of hydrogen-bond donors (Lipinski definition) is 1. The molecule has 2 aromatic heterocycles. The Morgan fingerprint density at radius 2 is 1.92 bits per heavy atom. The van der Waals surface area contributed by atoms with Gasteiger partial charge in [-0.1, -0.05) is 26.7 Å². The fraction of sp³-hybridized carbons (Fsp3) is 0.444. The minimum atomic E-state index is -0.360. The van der Waals surface area contributed by atoms with E-state index >= 15 is 0 Å². The van der Waals surface area contributed by atoms with Crippen LogP contribution in [-0.4, -0.2) is 20.9 Å². The Balaban J connectivity index is 1.83. The topological polar surface area (TPSA) is 71.0 Å². The molecule has 0 unspecified atom stereocenters. The molecule has 6 nitrogen and oxygen atoms in total. The maximum absolute atomic E-state index is 12.3. The number of rotatable bonds is 5. The second kappa shape index (κ2) is 7.78. The van der Waals surface area contributed by atoms with Gasteiger partial charge < -0.3 is 0 Å². The number of carbonyl (C=O) groups is 1. The van der Waals surface area contributed by atoms with E-state index in [0.29, 0.717) is 17.2 Å². The summed E-state index contributed by atoms with van der Waals surface area (Å²) in [5, 5.41) is 0. The van der Waals surface area contributed by atoms with Gasteiger partial charge in [0.05, 0.1) is 11.3 Å². The zero-order chi connectivity index (χ0) is 17.8. The second-order valence-electron chi connectivity index (χ2n) is 6.66. The van der Waals surface area contributed by atoms with Crippen LogP contribution in [-0.2, 0) is 0 Å². The summed E-state index contributed by atoms with van der Waals surface area (Å²) in [6, 6.07) is 3.88. The van der Waals surface area contributed by atoms with E-state index in [-0.39, 0.29) is 11.8 Å². The van der Waals surface area contributed by atoms with E-state index in [9.17, 15) is 4.79 Å². The molecule has 0 aliphatic heterocycles. The molecule has 2 aromatic rings. The van der Waals surface area contributed by atoms with Crippen molar-refractivity contribution in [2.24, 2.45) is 0 Å². The van der Waals surface area contributed by atoms with Gasteiger partial charge >= 0.3 is 0 Å². The molecule has 25 heavy (non-hydrogen) atoms. The van der Waals surface area contributed by atoms with Crippen LogP contribution in [0.3, 0.4) is 0 Å². The fourth-order valence-corrected chi connectivity index (χ4v) is 3.21. The Morgan fingerprint density at radius 1 is 1.24 bits per heavy atom. The van der Waals surface area contributed by atoms with Crippen molar-refractivity contribution in [3.05, 3.63) is 47.8 Å². The highest BCUT2D eigenvalue weighted by Crippen LogP contribution is 2.35. The Labute approximate surface area is 152 Å². The SMILES string of the molecule is CC(C)c1cc(N(Cl)NC(=O)c2cncnc2)cc(C2CCCC2)n1. The quantitative estimate of drug-likeness (QED) is 0.646. The lowest BCUT2D eigenvalue weighted by molar-refractivity contribution is 0.0955. The highest BCUT2D eigenvalue weighted by atomic mass is 35.5. The Morgan fingerprint density at radius 3 is 2.56 bits per heavy atom. The molecule has 0 spiro atoms. The van der Waals surface area contributed by atoms with Gasteiger partial charge in [0.15, 0.2) is 0 Å². The average Bonchev–Trinajstić information content (AvgIpc) is 3.16. The lowest BCUT2D eigenvalue weighted by Gasteiger charge is -2.20. The van der Waals surface area contributed by atoms with Gasteiger partial charge in [-0.15, -0.1) is 0 Å². The summed E-state index contributed by atoms with van der Waals surface area (Å²) in [4.78, 5) is 24.8. The molecule has 2 heterocycles. The molecule has 3 rings (SSSR count). The normalized spacial score (nSPS) is 14.7. The lowest BCUT2D eigenvalue weighted by atomic mass is 10.0. The fourth-order valence-electron chi connectivity index (χ4n) is 3.03. The van der Waals surface area contributed by atoms with E-state index in [1.165, 1.54) is 36.1 Å². The maximum atomic E-state index is 12.3. The minimum Gasteiger partial charge on any atom is -0.267 e. The van der Waals surface area contributed by atoms with Gasteiger partial charge in [0.25, 0.3) is 5.91 Å². The van der Waals surface area contributed by atoms with Gasteiger partial charge in [0, 0.05) is 41.5 Å². The molecule has 0 bridgehead atoms. The van der Waals surface area contributed by atoms with E-state index in [1.807, 2.05) is 12.1 Å². The van der Waals surface area contributed by atoms with E-state index in [4.69, 9.17) is 16.8 Å². The van der Waals surface area contributed by atoms with Crippen LogP contribution in [0.5, 0.6) is 0 Å². The number of nitrogens with one attached hydrogen (secondary N) is 1. The van der Waals surface area contributed by atoms with Crippen molar-refractivity contribution in [2.45, 2.75) is 51.4 Å². The number of anilines is 1. The van der Waals surface area contributed by atoms with Crippen molar-refractivity contribution in [1.82, 2.24) is 20.4 Å². The summed E-state index contributed by atoms with van der Waals surface area (Å²) in [5.41, 5.74) is 5.74. The third kappa shape index (κ3) is 4.25. The average molecular weight is 360 g/mol. The molecular weight excluding hydrogens is 338 g/mol. The first-order valence-electron chi connectivity index (χ1n) is 8.58. The van der Waals surface area contributed by atoms with Gasteiger partial charge in [-0.05, 0) is 30.9 Å². The molecule has 132 valence electrons. The van der Waals surface area contributed by atoms with Crippen LogP contribution in [0.4, 0.5) is 5.69 Å². The molecule has 1 saturated carbocycles. The van der Waals surface area contributed by atoms with Gasteiger partial charge in [-0.3, -0.25) is 9.78 Å². The van der Waals surface area contributed by atoms with E-state index in [0.717, 1.165) is 24.2 Å². The number of pyridine rings is 1. The minimum absolute atomic E-state index is 0.281. The van der Waals surface area contributed by atoms with Crippen molar-refractivity contribution in [2.75, 3.05) is 4.53 Å². The zero-order valence-corrected chi connectivity index (χ0v) is 15.2. The number of hydrogen-bond acceptors (Lipinski definition) is 5. The summed E-state index contributed by atoms with van der Waals surface area (Å²) in [6.07, 6.45) is 9.06. The summed E-state index contributed by atoms with van der Waals surface area (Å²) >= 11 is 6.34. The molecule has 1 aliphatic rings. The Bertz CT molecular complexity index is 732. The number of aromatic nitrogens is 3. The van der Waals surface area contributed by atoms with Crippen molar-refractivity contribution in [1.29, 1.82) is 0 Å². The number of nitrogens with zero attached hydrogens (tertiary/aromatic N) is 4. The second-order valence-corrected chi connectivity index (χ2v) is 7.00. The molecule has 7 heteroatoms. The first-order chi connectivity index (χ1) is 12.0. The maximum Gasteiger partial charge on any atom is 0.274 e. The van der Waals surface area contributed by atoms with Crippen LogP contribution < -0.4 is 9.95 Å². The van der Waals surface area contributed by atoms with Crippen molar-refractivity contribution in [3.8, 4) is 0 Å². The van der Waals surface area contributed by atoms with Gasteiger partial charge in [0.1, 0.15) is 6.33 Å². The largest absolute Gasteiger partial charge is 0.274 e. The molecule has 1 fully saturated rings. The number of halogens is 1. The predicted molar refractivity (Wildman–Crippen MR) is 97.4 cm³/mol. The first kappa shape index (κ1) is 17.6. The summed E-state index contributed by atoms with van der Waals surface area (Å²) in [5.74, 6) is 0.394. The lowest BCUT2D eigenvalue weighted by Crippen LogP contribution is -2.36.